The van der Waals surface area contributed by atoms with Crippen molar-refractivity contribution >= 4 is 12.1 Å². The highest BCUT2D eigenvalue weighted by molar-refractivity contribution is 6.33. The number of hydrogen-bond donors (Lipinski definition) is 0. The lowest BCUT2D eigenvalue weighted by atomic mass is 10.1. The van der Waals surface area contributed by atoms with Gasteiger partial charge in [-0.1, -0.05) is 64.7 Å². The molecule has 0 heterocycles. The van der Waals surface area contributed by atoms with Crippen LogP contribution < -0.4 is 4.74 Å². The van der Waals surface area contributed by atoms with E-state index < -0.39 is 5.78 Å². The van der Waals surface area contributed by atoms with E-state index in [0.717, 1.165) is 12.2 Å². The van der Waals surface area contributed by atoms with Crippen LogP contribution in [-0.2, 0) is 4.79 Å². The first-order chi connectivity index (χ1) is 11.3. The smallest absolute Gasteiger partial charge is 0.225 e. The van der Waals surface area contributed by atoms with Crippen LogP contribution in [0.4, 0.5) is 0 Å². The van der Waals surface area contributed by atoms with Crippen LogP contribution in [0.1, 0.15) is 81.5 Å². The number of rotatable bonds is 14. The monoisotopic (exact) mass is 336 g/mol. The molecule has 0 amide bonds. The van der Waals surface area contributed by atoms with Crippen molar-refractivity contribution in [3.63, 3.8) is 0 Å². The predicted octanol–water partition coefficient (Wildman–Crippen LogP) is 4.54. The number of Topliss-reactive ketones (excluding diaryl/α,β-unsaturated/α-hetero) is 1. The fraction of sp³-hybridized carbons (Fsp3) is 0.600. The van der Waals surface area contributed by atoms with Gasteiger partial charge in [-0.2, -0.15) is 0 Å². The summed E-state index contributed by atoms with van der Waals surface area (Å²) in [5.41, 5.74) is 0.409. The van der Waals surface area contributed by atoms with E-state index in [0.29, 0.717) is 18.5 Å². The van der Waals surface area contributed by atoms with E-state index in [2.05, 4.69) is 6.92 Å². The molecule has 24 heavy (non-hydrogen) atoms. The third kappa shape index (κ3) is 10.2. The van der Waals surface area contributed by atoms with Crippen molar-refractivity contribution in [2.75, 3.05) is 6.61 Å². The van der Waals surface area contributed by atoms with Gasteiger partial charge in [-0.25, -0.2) is 0 Å². The van der Waals surface area contributed by atoms with Crippen molar-refractivity contribution in [1.29, 1.82) is 0 Å². The van der Waals surface area contributed by atoms with Crippen LogP contribution in [0.25, 0.3) is 0 Å². The number of hydrogen-bond acceptors (Lipinski definition) is 3. The average molecular weight is 336 g/mol. The summed E-state index contributed by atoms with van der Waals surface area (Å²) >= 11 is 0. The standard InChI is InChI=1S/C20H30O3.H2O/c1-2-3-4-5-6-7-8-9-10-11-16-23-19-14-12-18(13-15-19)20(22)17-21;/h12-15,17H,2-11,16H2,1H3;1H2. The van der Waals surface area contributed by atoms with Gasteiger partial charge in [-0.05, 0) is 30.7 Å². The average Bonchev–Trinajstić information content (AvgIpc) is 2.59. The molecule has 0 unspecified atom stereocenters. The highest BCUT2D eigenvalue weighted by Gasteiger charge is 2.03. The molecule has 1 aromatic rings. The maximum Gasteiger partial charge on any atom is 0.225 e. The van der Waals surface area contributed by atoms with E-state index in [1.165, 1.54) is 57.8 Å². The van der Waals surface area contributed by atoms with E-state index in [9.17, 15) is 9.59 Å². The number of unbranched alkanes of at least 4 members (excludes halogenated alkanes) is 9. The molecular formula is C20H32O4. The molecule has 0 spiro atoms. The molecule has 4 heteroatoms. The Kier molecular flexibility index (Phi) is 13.8. The van der Waals surface area contributed by atoms with Crippen LogP contribution in [-0.4, -0.2) is 24.2 Å². The SMILES string of the molecule is CCCCCCCCCCCCOc1ccc(C(=O)C=O)cc1.O. The topological polar surface area (TPSA) is 74.9 Å². The highest BCUT2D eigenvalue weighted by Crippen LogP contribution is 2.14. The number of benzene rings is 1. The Morgan fingerprint density at radius 1 is 0.875 bits per heavy atom. The normalized spacial score (nSPS) is 10.0. The first-order valence-corrected chi connectivity index (χ1v) is 9.00. The van der Waals surface area contributed by atoms with Gasteiger partial charge in [0, 0.05) is 5.56 Å². The van der Waals surface area contributed by atoms with Crippen LogP contribution in [0.5, 0.6) is 5.75 Å². The van der Waals surface area contributed by atoms with Gasteiger partial charge in [0.1, 0.15) is 5.75 Å². The van der Waals surface area contributed by atoms with Gasteiger partial charge >= 0.3 is 0 Å². The van der Waals surface area contributed by atoms with Gasteiger partial charge in [-0.15, -0.1) is 0 Å². The summed E-state index contributed by atoms with van der Waals surface area (Å²) in [7, 11) is 0. The van der Waals surface area contributed by atoms with E-state index in [-0.39, 0.29) is 5.48 Å². The van der Waals surface area contributed by atoms with Gasteiger partial charge in [0.25, 0.3) is 0 Å². The lowest BCUT2D eigenvalue weighted by Crippen LogP contribution is -2.01. The summed E-state index contributed by atoms with van der Waals surface area (Å²) < 4.78 is 5.65. The molecule has 1 aromatic carbocycles. The fourth-order valence-electron chi connectivity index (χ4n) is 2.56. The van der Waals surface area contributed by atoms with E-state index in [1.54, 1.807) is 24.3 Å². The summed E-state index contributed by atoms with van der Waals surface area (Å²) in [5.74, 6) is 0.259. The Hall–Kier alpha value is -1.68. The Labute approximate surface area is 145 Å². The Bertz CT molecular complexity index is 439. The molecule has 0 aliphatic heterocycles. The zero-order chi connectivity index (χ0) is 16.8. The maximum atomic E-state index is 11.2. The second-order valence-corrected chi connectivity index (χ2v) is 6.04. The summed E-state index contributed by atoms with van der Waals surface area (Å²) in [6.07, 6.45) is 13.4. The largest absolute Gasteiger partial charge is 0.494 e. The van der Waals surface area contributed by atoms with Gasteiger partial charge in [0.05, 0.1) is 6.61 Å². The molecule has 0 bridgehead atoms. The molecule has 0 aliphatic rings. The molecule has 0 saturated heterocycles. The number of carbonyl (C=O) groups is 2. The minimum Gasteiger partial charge on any atom is -0.494 e. The van der Waals surface area contributed by atoms with Gasteiger partial charge in [0.15, 0.2) is 6.29 Å². The highest BCUT2D eigenvalue weighted by atomic mass is 16.5. The molecule has 0 saturated carbocycles. The molecule has 0 fully saturated rings. The van der Waals surface area contributed by atoms with Crippen molar-refractivity contribution in [2.45, 2.75) is 71.1 Å². The predicted molar refractivity (Wildman–Crippen MR) is 97.8 cm³/mol. The molecular weight excluding hydrogens is 304 g/mol. The van der Waals surface area contributed by atoms with Gasteiger partial charge in [-0.3, -0.25) is 9.59 Å². The molecule has 0 atom stereocenters. The summed E-state index contributed by atoms with van der Waals surface area (Å²) in [6, 6.07) is 6.75. The molecule has 1 rings (SSSR count). The van der Waals surface area contributed by atoms with Crippen LogP contribution in [0, 0.1) is 0 Å². The zero-order valence-electron chi connectivity index (χ0n) is 14.9. The second-order valence-electron chi connectivity index (χ2n) is 6.04. The van der Waals surface area contributed by atoms with E-state index >= 15 is 0 Å². The van der Waals surface area contributed by atoms with Crippen molar-refractivity contribution in [3.8, 4) is 5.75 Å². The second kappa shape index (κ2) is 14.9. The number of ether oxygens (including phenoxy) is 1. The quantitative estimate of drug-likeness (QED) is 0.216. The first kappa shape index (κ1) is 22.3. The summed E-state index contributed by atoms with van der Waals surface area (Å²) in [5, 5.41) is 0. The van der Waals surface area contributed by atoms with Crippen LogP contribution >= 0.6 is 0 Å². The molecule has 4 nitrogen and oxygen atoms in total. The Morgan fingerprint density at radius 3 is 1.88 bits per heavy atom. The van der Waals surface area contributed by atoms with E-state index in [4.69, 9.17) is 4.74 Å². The first-order valence-electron chi connectivity index (χ1n) is 9.00. The van der Waals surface area contributed by atoms with Crippen molar-refractivity contribution in [1.82, 2.24) is 0 Å². The van der Waals surface area contributed by atoms with Gasteiger partial charge in [0.2, 0.25) is 5.78 Å². The molecule has 2 N–H and O–H groups in total. The van der Waals surface area contributed by atoms with Crippen molar-refractivity contribution in [2.24, 2.45) is 0 Å². The minimum atomic E-state index is -0.494. The number of ketones is 1. The fourth-order valence-corrected chi connectivity index (χ4v) is 2.56. The van der Waals surface area contributed by atoms with Crippen molar-refractivity contribution < 1.29 is 19.8 Å². The lowest BCUT2D eigenvalue weighted by Gasteiger charge is -2.06. The Balaban J connectivity index is 0.00000529. The van der Waals surface area contributed by atoms with E-state index in [1.807, 2.05) is 0 Å². The molecule has 0 radical (unpaired) electrons. The van der Waals surface area contributed by atoms with Crippen LogP contribution in [0.2, 0.25) is 0 Å². The van der Waals surface area contributed by atoms with Crippen LogP contribution in [0.3, 0.4) is 0 Å². The third-order valence-electron chi connectivity index (χ3n) is 4.01. The number of carbonyl (C=O) groups excluding carboxylic acids is 2. The van der Waals surface area contributed by atoms with Gasteiger partial charge < -0.3 is 10.2 Å². The minimum absolute atomic E-state index is 0. The molecule has 0 aromatic heterocycles. The van der Waals surface area contributed by atoms with Crippen LogP contribution in [0.15, 0.2) is 24.3 Å². The zero-order valence-corrected chi connectivity index (χ0v) is 14.9. The Morgan fingerprint density at radius 2 is 1.38 bits per heavy atom. The summed E-state index contributed by atoms with van der Waals surface area (Å²) in [6.45, 7) is 2.96. The lowest BCUT2D eigenvalue weighted by molar-refractivity contribution is -0.104. The number of aldehydes is 1. The third-order valence-corrected chi connectivity index (χ3v) is 4.01. The molecule has 136 valence electrons. The van der Waals surface area contributed by atoms with Crippen molar-refractivity contribution in [3.05, 3.63) is 29.8 Å². The maximum absolute atomic E-state index is 11.2. The summed E-state index contributed by atoms with van der Waals surface area (Å²) in [4.78, 5) is 21.6. The molecule has 0 aliphatic carbocycles.